The van der Waals surface area contributed by atoms with Crippen LogP contribution in [-0.4, -0.2) is 13.2 Å². The SMILES string of the molecule is c1ccc2c(Nc3ccc4c(c3)OCCO4)cccc2c1. The summed E-state index contributed by atoms with van der Waals surface area (Å²) in [5, 5.41) is 5.89. The molecule has 0 spiro atoms. The summed E-state index contributed by atoms with van der Waals surface area (Å²) in [6, 6.07) is 20.5. The topological polar surface area (TPSA) is 30.5 Å². The largest absolute Gasteiger partial charge is 0.486 e. The molecule has 0 amide bonds. The molecule has 0 saturated heterocycles. The molecular weight excluding hydrogens is 262 g/mol. The molecule has 21 heavy (non-hydrogen) atoms. The Morgan fingerprint density at radius 2 is 1.57 bits per heavy atom. The van der Waals surface area contributed by atoms with Crippen molar-refractivity contribution in [3.63, 3.8) is 0 Å². The van der Waals surface area contributed by atoms with E-state index in [2.05, 4.69) is 47.8 Å². The quantitative estimate of drug-likeness (QED) is 0.755. The summed E-state index contributed by atoms with van der Waals surface area (Å²) in [5.74, 6) is 1.61. The molecule has 1 N–H and O–H groups in total. The van der Waals surface area contributed by atoms with E-state index in [0.29, 0.717) is 13.2 Å². The molecule has 1 aliphatic heterocycles. The van der Waals surface area contributed by atoms with E-state index in [-0.39, 0.29) is 0 Å². The van der Waals surface area contributed by atoms with Gasteiger partial charge in [0.25, 0.3) is 0 Å². The third-order valence-electron chi connectivity index (χ3n) is 3.61. The van der Waals surface area contributed by atoms with Crippen LogP contribution in [0.5, 0.6) is 11.5 Å². The molecule has 0 unspecified atom stereocenters. The molecular formula is C18H15NO2. The van der Waals surface area contributed by atoms with Crippen molar-refractivity contribution < 1.29 is 9.47 Å². The normalized spacial score (nSPS) is 13.1. The Bertz CT molecular complexity index is 793. The second-order valence-corrected chi connectivity index (χ2v) is 5.01. The zero-order valence-electron chi connectivity index (χ0n) is 11.5. The fourth-order valence-corrected chi connectivity index (χ4v) is 2.61. The third kappa shape index (κ3) is 2.27. The van der Waals surface area contributed by atoms with Crippen LogP contribution < -0.4 is 14.8 Å². The van der Waals surface area contributed by atoms with E-state index in [9.17, 15) is 0 Å². The van der Waals surface area contributed by atoms with E-state index in [4.69, 9.17) is 9.47 Å². The van der Waals surface area contributed by atoms with Crippen LogP contribution in [-0.2, 0) is 0 Å². The van der Waals surface area contributed by atoms with Crippen molar-refractivity contribution in [1.82, 2.24) is 0 Å². The van der Waals surface area contributed by atoms with Crippen molar-refractivity contribution in [3.8, 4) is 11.5 Å². The molecule has 4 rings (SSSR count). The maximum atomic E-state index is 5.62. The minimum absolute atomic E-state index is 0.602. The molecule has 0 aliphatic carbocycles. The van der Waals surface area contributed by atoms with Gasteiger partial charge in [0.15, 0.2) is 11.5 Å². The lowest BCUT2D eigenvalue weighted by molar-refractivity contribution is 0.171. The molecule has 0 saturated carbocycles. The second kappa shape index (κ2) is 5.02. The highest BCUT2D eigenvalue weighted by molar-refractivity contribution is 5.95. The van der Waals surface area contributed by atoms with Gasteiger partial charge in [-0.1, -0.05) is 36.4 Å². The summed E-state index contributed by atoms with van der Waals surface area (Å²) < 4.78 is 11.2. The first-order chi connectivity index (χ1) is 10.4. The highest BCUT2D eigenvalue weighted by Gasteiger charge is 2.12. The summed E-state index contributed by atoms with van der Waals surface area (Å²) in [4.78, 5) is 0. The molecule has 0 atom stereocenters. The number of hydrogen-bond donors (Lipinski definition) is 1. The molecule has 3 aromatic rings. The summed E-state index contributed by atoms with van der Waals surface area (Å²) in [5.41, 5.74) is 2.08. The Morgan fingerprint density at radius 3 is 2.52 bits per heavy atom. The van der Waals surface area contributed by atoms with Crippen molar-refractivity contribution in [2.75, 3.05) is 18.5 Å². The van der Waals surface area contributed by atoms with E-state index in [1.807, 2.05) is 18.2 Å². The van der Waals surface area contributed by atoms with Crippen molar-refractivity contribution in [1.29, 1.82) is 0 Å². The van der Waals surface area contributed by atoms with E-state index < -0.39 is 0 Å². The predicted octanol–water partition coefficient (Wildman–Crippen LogP) is 4.35. The van der Waals surface area contributed by atoms with Crippen LogP contribution in [0, 0.1) is 0 Å². The maximum Gasteiger partial charge on any atom is 0.163 e. The average Bonchev–Trinajstić information content (AvgIpc) is 2.55. The van der Waals surface area contributed by atoms with Crippen LogP contribution >= 0.6 is 0 Å². The number of anilines is 2. The molecule has 1 aliphatic rings. The maximum absolute atomic E-state index is 5.62. The number of fused-ring (bicyclic) bond motifs is 2. The Balaban J connectivity index is 1.71. The van der Waals surface area contributed by atoms with Crippen LogP contribution in [0.15, 0.2) is 60.7 Å². The van der Waals surface area contributed by atoms with Crippen molar-refractivity contribution in [2.24, 2.45) is 0 Å². The summed E-state index contributed by atoms with van der Waals surface area (Å²) >= 11 is 0. The highest BCUT2D eigenvalue weighted by Crippen LogP contribution is 2.34. The van der Waals surface area contributed by atoms with Crippen LogP contribution in [0.25, 0.3) is 10.8 Å². The van der Waals surface area contributed by atoms with Crippen molar-refractivity contribution in [3.05, 3.63) is 60.7 Å². The van der Waals surface area contributed by atoms with Gasteiger partial charge in [-0.3, -0.25) is 0 Å². The first-order valence-corrected chi connectivity index (χ1v) is 7.04. The Hall–Kier alpha value is -2.68. The van der Waals surface area contributed by atoms with Gasteiger partial charge in [0.05, 0.1) is 0 Å². The van der Waals surface area contributed by atoms with Gasteiger partial charge in [0.2, 0.25) is 0 Å². The van der Waals surface area contributed by atoms with Gasteiger partial charge < -0.3 is 14.8 Å². The lowest BCUT2D eigenvalue weighted by atomic mass is 10.1. The summed E-state index contributed by atoms with van der Waals surface area (Å²) in [6.07, 6.45) is 0. The van der Waals surface area contributed by atoms with Crippen molar-refractivity contribution in [2.45, 2.75) is 0 Å². The van der Waals surface area contributed by atoms with Gasteiger partial charge in [0, 0.05) is 22.8 Å². The number of nitrogens with one attached hydrogen (secondary N) is 1. The monoisotopic (exact) mass is 277 g/mol. The van der Waals surface area contributed by atoms with Crippen LogP contribution in [0.1, 0.15) is 0 Å². The van der Waals surface area contributed by atoms with Gasteiger partial charge in [-0.15, -0.1) is 0 Å². The smallest absolute Gasteiger partial charge is 0.163 e. The number of hydrogen-bond acceptors (Lipinski definition) is 3. The highest BCUT2D eigenvalue weighted by atomic mass is 16.6. The second-order valence-electron chi connectivity index (χ2n) is 5.01. The van der Waals surface area contributed by atoms with Gasteiger partial charge in [-0.25, -0.2) is 0 Å². The Kier molecular flexibility index (Phi) is 2.89. The van der Waals surface area contributed by atoms with E-state index in [1.54, 1.807) is 0 Å². The van der Waals surface area contributed by atoms with E-state index >= 15 is 0 Å². The fraction of sp³-hybridized carbons (Fsp3) is 0.111. The lowest BCUT2D eigenvalue weighted by Crippen LogP contribution is -2.15. The molecule has 0 fully saturated rings. The van der Waals surface area contributed by atoms with Crippen molar-refractivity contribution >= 4 is 22.1 Å². The number of ether oxygens (including phenoxy) is 2. The molecule has 0 aromatic heterocycles. The molecule has 0 bridgehead atoms. The zero-order chi connectivity index (χ0) is 14.1. The van der Waals surface area contributed by atoms with Gasteiger partial charge in [0.1, 0.15) is 13.2 Å². The number of benzene rings is 3. The lowest BCUT2D eigenvalue weighted by Gasteiger charge is -2.19. The molecule has 3 heteroatoms. The van der Waals surface area contributed by atoms with E-state index in [1.165, 1.54) is 10.8 Å². The predicted molar refractivity (Wildman–Crippen MR) is 84.7 cm³/mol. The molecule has 104 valence electrons. The fourth-order valence-electron chi connectivity index (χ4n) is 2.61. The van der Waals surface area contributed by atoms with Crippen LogP contribution in [0.2, 0.25) is 0 Å². The van der Waals surface area contributed by atoms with Crippen LogP contribution in [0.3, 0.4) is 0 Å². The third-order valence-corrected chi connectivity index (χ3v) is 3.61. The Morgan fingerprint density at radius 1 is 0.762 bits per heavy atom. The standard InChI is InChI=1S/C18H15NO2/c1-2-6-15-13(4-1)5-3-7-16(15)19-14-8-9-17-18(12-14)21-11-10-20-17/h1-9,12,19H,10-11H2. The average molecular weight is 277 g/mol. The van der Waals surface area contributed by atoms with E-state index in [0.717, 1.165) is 22.9 Å². The van der Waals surface area contributed by atoms with Gasteiger partial charge in [-0.2, -0.15) is 0 Å². The van der Waals surface area contributed by atoms with Gasteiger partial charge >= 0.3 is 0 Å². The van der Waals surface area contributed by atoms with Crippen LogP contribution in [0.4, 0.5) is 11.4 Å². The first kappa shape index (κ1) is 12.1. The molecule has 0 radical (unpaired) electrons. The number of rotatable bonds is 2. The molecule has 3 aromatic carbocycles. The minimum Gasteiger partial charge on any atom is -0.486 e. The zero-order valence-corrected chi connectivity index (χ0v) is 11.5. The summed E-state index contributed by atoms with van der Waals surface area (Å²) in [7, 11) is 0. The molecule has 3 nitrogen and oxygen atoms in total. The molecule has 1 heterocycles. The first-order valence-electron chi connectivity index (χ1n) is 7.04. The minimum atomic E-state index is 0.602. The summed E-state index contributed by atoms with van der Waals surface area (Å²) in [6.45, 7) is 1.22. The van der Waals surface area contributed by atoms with Gasteiger partial charge in [-0.05, 0) is 23.6 Å². The Labute approximate surface area is 123 Å².